The smallest absolute Gasteiger partial charge is 0.238 e. The van der Waals surface area contributed by atoms with Crippen molar-refractivity contribution < 1.29 is 21.2 Å². The molecule has 9 heteroatoms. The normalized spacial score (nSPS) is 16.3. The molecule has 0 saturated heterocycles. The molecule has 1 fully saturated rings. The van der Waals surface area contributed by atoms with Crippen LogP contribution in [0.15, 0.2) is 23.1 Å². The summed E-state index contributed by atoms with van der Waals surface area (Å²) in [5.41, 5.74) is -0.284. The predicted octanol–water partition coefficient (Wildman–Crippen LogP) is 0.625. The highest BCUT2D eigenvalue weighted by Gasteiger charge is 2.28. The summed E-state index contributed by atoms with van der Waals surface area (Å²) in [4.78, 5) is -0.407. The fourth-order valence-electron chi connectivity index (χ4n) is 1.56. The Bertz CT molecular complexity index is 696. The van der Waals surface area contributed by atoms with Crippen molar-refractivity contribution in [1.29, 1.82) is 0 Å². The average Bonchev–Trinajstić information content (AvgIpc) is 3.02. The summed E-state index contributed by atoms with van der Waals surface area (Å²) in [7, 11) is -7.62. The minimum Gasteiger partial charge on any atom is -0.281 e. The van der Waals surface area contributed by atoms with Crippen LogP contribution in [-0.2, 0) is 20.0 Å². The number of benzene rings is 1. The van der Waals surface area contributed by atoms with E-state index >= 15 is 0 Å². The van der Waals surface area contributed by atoms with Gasteiger partial charge in [0.05, 0.1) is 16.3 Å². The van der Waals surface area contributed by atoms with Crippen molar-refractivity contribution in [2.45, 2.75) is 17.7 Å². The Morgan fingerprint density at radius 3 is 2.37 bits per heavy atom. The number of nitrogens with two attached hydrogens (primary N) is 1. The zero-order chi connectivity index (χ0) is 14.3. The molecule has 0 radical (unpaired) electrons. The lowest BCUT2D eigenvalue weighted by Crippen LogP contribution is -2.19. The molecule has 1 aromatic rings. The van der Waals surface area contributed by atoms with Crippen LogP contribution in [0.2, 0.25) is 0 Å². The first-order chi connectivity index (χ1) is 8.67. The third-order valence-corrected chi connectivity index (χ3v) is 5.04. The van der Waals surface area contributed by atoms with Gasteiger partial charge in [0.2, 0.25) is 20.0 Å². The topological polar surface area (TPSA) is 106 Å². The van der Waals surface area contributed by atoms with Gasteiger partial charge >= 0.3 is 0 Å². The van der Waals surface area contributed by atoms with Crippen molar-refractivity contribution >= 4 is 25.7 Å². The fourth-order valence-corrected chi connectivity index (χ4v) is 3.62. The molecule has 1 aromatic carbocycles. The third-order valence-electron chi connectivity index (χ3n) is 2.69. The summed E-state index contributed by atoms with van der Waals surface area (Å²) in [6, 6.07) is 2.78. The molecule has 0 bridgehead atoms. The van der Waals surface area contributed by atoms with E-state index in [-0.39, 0.29) is 17.4 Å². The van der Waals surface area contributed by atoms with Gasteiger partial charge in [-0.1, -0.05) is 0 Å². The van der Waals surface area contributed by atoms with Crippen molar-refractivity contribution in [3.05, 3.63) is 24.0 Å². The van der Waals surface area contributed by atoms with Gasteiger partial charge in [-0.05, 0) is 37.0 Å². The molecule has 2 rings (SSSR count). The number of halogens is 1. The van der Waals surface area contributed by atoms with Gasteiger partial charge in [-0.2, -0.15) is 0 Å². The molecule has 1 saturated carbocycles. The lowest BCUT2D eigenvalue weighted by molar-refractivity contribution is 0.592. The summed E-state index contributed by atoms with van der Waals surface area (Å²) in [6.45, 7) is 0. The molecule has 6 nitrogen and oxygen atoms in total. The van der Waals surface area contributed by atoms with Crippen LogP contribution in [0.5, 0.6) is 0 Å². The molecule has 0 spiro atoms. The number of anilines is 1. The second kappa shape index (κ2) is 4.73. The molecule has 0 atom stereocenters. The van der Waals surface area contributed by atoms with Crippen LogP contribution in [0, 0.1) is 11.7 Å². The number of rotatable bonds is 5. The number of nitrogens with one attached hydrogen (secondary N) is 1. The summed E-state index contributed by atoms with van der Waals surface area (Å²) in [5, 5.41) is 4.84. The number of hydrogen-bond acceptors (Lipinski definition) is 4. The maximum atomic E-state index is 13.6. The monoisotopic (exact) mass is 308 g/mol. The van der Waals surface area contributed by atoms with Crippen molar-refractivity contribution in [2.75, 3.05) is 10.5 Å². The fraction of sp³-hybridized carbons (Fsp3) is 0.400. The van der Waals surface area contributed by atoms with E-state index in [1.165, 1.54) is 0 Å². The highest BCUT2D eigenvalue weighted by Crippen LogP contribution is 2.31. The first-order valence-corrected chi connectivity index (χ1v) is 8.70. The van der Waals surface area contributed by atoms with Crippen LogP contribution >= 0.6 is 0 Å². The molecule has 0 aromatic heterocycles. The number of hydrogen-bond donors (Lipinski definition) is 2. The molecule has 1 aliphatic rings. The minimum absolute atomic E-state index is 0.0522. The molecular weight excluding hydrogens is 295 g/mol. The standard InChI is InChI=1S/C10H13FN2O4S2/c11-9-5-8(19(12,16)17)3-4-10(9)13-18(14,15)6-7-1-2-7/h3-5,7,13H,1-2,6H2,(H2,12,16,17). The van der Waals surface area contributed by atoms with E-state index in [2.05, 4.69) is 4.72 Å². The second-order valence-electron chi connectivity index (χ2n) is 4.51. The van der Waals surface area contributed by atoms with Gasteiger partial charge in [0.25, 0.3) is 0 Å². The van der Waals surface area contributed by atoms with Crippen LogP contribution in [0.25, 0.3) is 0 Å². The quantitative estimate of drug-likeness (QED) is 0.831. The molecule has 3 N–H and O–H groups in total. The lowest BCUT2D eigenvalue weighted by atomic mass is 10.3. The Morgan fingerprint density at radius 2 is 1.89 bits per heavy atom. The Balaban J connectivity index is 2.22. The maximum absolute atomic E-state index is 13.6. The van der Waals surface area contributed by atoms with Crippen LogP contribution in [-0.4, -0.2) is 22.6 Å². The van der Waals surface area contributed by atoms with E-state index in [1.54, 1.807) is 0 Å². The molecule has 1 aliphatic carbocycles. The van der Waals surface area contributed by atoms with Gasteiger partial charge in [-0.15, -0.1) is 0 Å². The van der Waals surface area contributed by atoms with Crippen LogP contribution < -0.4 is 9.86 Å². The van der Waals surface area contributed by atoms with E-state index in [0.717, 1.165) is 25.0 Å². The van der Waals surface area contributed by atoms with Crippen molar-refractivity contribution in [3.63, 3.8) is 0 Å². The van der Waals surface area contributed by atoms with Crippen molar-refractivity contribution in [2.24, 2.45) is 11.1 Å². The maximum Gasteiger partial charge on any atom is 0.238 e. The lowest BCUT2D eigenvalue weighted by Gasteiger charge is -2.09. The molecule has 0 aliphatic heterocycles. The SMILES string of the molecule is NS(=O)(=O)c1ccc(NS(=O)(=O)CC2CC2)c(F)c1. The minimum atomic E-state index is -4.01. The van der Waals surface area contributed by atoms with Crippen LogP contribution in [0.4, 0.5) is 10.1 Å². The largest absolute Gasteiger partial charge is 0.281 e. The summed E-state index contributed by atoms with van der Waals surface area (Å²) >= 11 is 0. The van der Waals surface area contributed by atoms with E-state index in [0.29, 0.717) is 6.07 Å². The number of primary sulfonamides is 1. The van der Waals surface area contributed by atoms with Gasteiger partial charge in [0, 0.05) is 0 Å². The molecule has 0 heterocycles. The molecular formula is C10H13FN2O4S2. The summed E-state index contributed by atoms with van der Waals surface area (Å²) in [5.74, 6) is -0.904. The summed E-state index contributed by atoms with van der Waals surface area (Å²) < 4.78 is 61.1. The molecule has 0 amide bonds. The Morgan fingerprint density at radius 1 is 1.26 bits per heavy atom. The average molecular weight is 308 g/mol. The molecule has 0 unspecified atom stereocenters. The molecule has 19 heavy (non-hydrogen) atoms. The predicted molar refractivity (Wildman–Crippen MR) is 67.9 cm³/mol. The van der Waals surface area contributed by atoms with Gasteiger partial charge in [-0.3, -0.25) is 4.72 Å². The van der Waals surface area contributed by atoms with E-state index in [4.69, 9.17) is 5.14 Å². The third kappa shape index (κ3) is 3.88. The van der Waals surface area contributed by atoms with Crippen LogP contribution in [0.3, 0.4) is 0 Å². The highest BCUT2D eigenvalue weighted by atomic mass is 32.2. The first-order valence-electron chi connectivity index (χ1n) is 5.50. The van der Waals surface area contributed by atoms with Gasteiger partial charge < -0.3 is 0 Å². The second-order valence-corrected chi connectivity index (χ2v) is 7.84. The first kappa shape index (κ1) is 14.2. The van der Waals surface area contributed by atoms with E-state index in [1.807, 2.05) is 0 Å². The van der Waals surface area contributed by atoms with E-state index in [9.17, 15) is 21.2 Å². The van der Waals surface area contributed by atoms with E-state index < -0.39 is 30.8 Å². The Labute approximate surface area is 110 Å². The van der Waals surface area contributed by atoms with Crippen molar-refractivity contribution in [1.82, 2.24) is 0 Å². The molecule has 106 valence electrons. The van der Waals surface area contributed by atoms with Gasteiger partial charge in [0.1, 0.15) is 5.82 Å². The van der Waals surface area contributed by atoms with Gasteiger partial charge in [0.15, 0.2) is 0 Å². The summed E-state index contributed by atoms with van der Waals surface area (Å²) in [6.07, 6.45) is 1.71. The Kier molecular flexibility index (Phi) is 3.54. The van der Waals surface area contributed by atoms with Crippen LogP contribution in [0.1, 0.15) is 12.8 Å². The number of sulfonamides is 2. The zero-order valence-corrected chi connectivity index (χ0v) is 11.5. The highest BCUT2D eigenvalue weighted by molar-refractivity contribution is 7.92. The zero-order valence-electron chi connectivity index (χ0n) is 9.84. The Hall–Kier alpha value is -1.19. The van der Waals surface area contributed by atoms with Crippen molar-refractivity contribution in [3.8, 4) is 0 Å². The van der Waals surface area contributed by atoms with Gasteiger partial charge in [-0.25, -0.2) is 26.4 Å².